The van der Waals surface area contributed by atoms with Crippen LogP contribution >= 0.6 is 0 Å². The van der Waals surface area contributed by atoms with Crippen LogP contribution in [0.3, 0.4) is 0 Å². The minimum atomic E-state index is -0.811. The van der Waals surface area contributed by atoms with Crippen molar-refractivity contribution in [1.82, 2.24) is 0 Å². The second-order valence-corrected chi connectivity index (χ2v) is 21.6. The summed E-state index contributed by atoms with van der Waals surface area (Å²) in [6.07, 6.45) is 100. The zero-order chi connectivity index (χ0) is 59.2. The van der Waals surface area contributed by atoms with Crippen molar-refractivity contribution in [3.05, 3.63) is 158 Å². The van der Waals surface area contributed by atoms with Crippen molar-refractivity contribution < 1.29 is 28.6 Å². The summed E-state index contributed by atoms with van der Waals surface area (Å²) < 4.78 is 16.8. The molecule has 0 radical (unpaired) electrons. The van der Waals surface area contributed by atoms with E-state index in [9.17, 15) is 14.4 Å². The Hall–Kier alpha value is -4.97. The Bertz CT molecular complexity index is 1830. The van der Waals surface area contributed by atoms with Gasteiger partial charge in [0.25, 0.3) is 0 Å². The van der Waals surface area contributed by atoms with E-state index in [4.69, 9.17) is 14.2 Å². The van der Waals surface area contributed by atoms with Crippen LogP contribution < -0.4 is 0 Å². The molecule has 0 aliphatic carbocycles. The Morgan fingerprint density at radius 1 is 0.256 bits per heavy atom. The van der Waals surface area contributed by atoms with E-state index in [0.29, 0.717) is 19.3 Å². The van der Waals surface area contributed by atoms with E-state index in [-0.39, 0.29) is 37.5 Å². The van der Waals surface area contributed by atoms with Crippen LogP contribution in [0.4, 0.5) is 0 Å². The first-order valence-electron chi connectivity index (χ1n) is 33.5. The van der Waals surface area contributed by atoms with E-state index < -0.39 is 6.10 Å². The molecule has 0 bridgehead atoms. The summed E-state index contributed by atoms with van der Waals surface area (Å²) in [5, 5.41) is 0. The van der Waals surface area contributed by atoms with Gasteiger partial charge in [-0.2, -0.15) is 0 Å². The van der Waals surface area contributed by atoms with Crippen molar-refractivity contribution in [2.75, 3.05) is 13.2 Å². The SMILES string of the molecule is CC/C=C\C/C=C\C/C=C\C/C=C\C/C=C\C/C=C\C/C=C\CCCC(=O)OC(COC(=O)CCCCCCCC)COC(=O)CCCCCCCCCCCCCCCCCC/C=C\C/C=C\C/C=C\C/C=C\C/C=C\C/C=C\CC. The molecule has 0 saturated carbocycles. The fourth-order valence-corrected chi connectivity index (χ4v) is 8.85. The lowest BCUT2D eigenvalue weighted by molar-refractivity contribution is -0.167. The van der Waals surface area contributed by atoms with Gasteiger partial charge < -0.3 is 14.2 Å². The maximum atomic E-state index is 12.8. The fraction of sp³-hybridized carbons (Fsp3) is 0.618. The average Bonchev–Trinajstić information content (AvgIpc) is 3.47. The molecule has 0 aromatic heterocycles. The molecule has 0 spiro atoms. The molecule has 0 heterocycles. The van der Waals surface area contributed by atoms with Crippen molar-refractivity contribution in [2.45, 2.75) is 290 Å². The Kier molecular flexibility index (Phi) is 64.4. The van der Waals surface area contributed by atoms with Crippen LogP contribution in [0.2, 0.25) is 0 Å². The van der Waals surface area contributed by atoms with Crippen molar-refractivity contribution in [2.24, 2.45) is 0 Å². The number of carbonyl (C=O) groups is 3. The second kappa shape index (κ2) is 68.5. The Balaban J connectivity index is 4.11. The van der Waals surface area contributed by atoms with Gasteiger partial charge >= 0.3 is 17.9 Å². The summed E-state index contributed by atoms with van der Waals surface area (Å²) in [5.74, 6) is -0.974. The minimum Gasteiger partial charge on any atom is -0.462 e. The molecule has 462 valence electrons. The molecule has 0 aliphatic heterocycles. The van der Waals surface area contributed by atoms with Gasteiger partial charge in [-0.05, 0) is 122 Å². The van der Waals surface area contributed by atoms with Crippen LogP contribution in [-0.4, -0.2) is 37.2 Å². The molecule has 0 aliphatic rings. The van der Waals surface area contributed by atoms with Crippen molar-refractivity contribution >= 4 is 17.9 Å². The van der Waals surface area contributed by atoms with Gasteiger partial charge in [-0.3, -0.25) is 14.4 Å². The maximum Gasteiger partial charge on any atom is 0.306 e. The number of carbonyl (C=O) groups excluding carboxylic acids is 3. The molecular weight excluding hydrogens is 1010 g/mol. The fourth-order valence-electron chi connectivity index (χ4n) is 8.85. The zero-order valence-corrected chi connectivity index (χ0v) is 52.9. The number of rotatable bonds is 59. The molecule has 82 heavy (non-hydrogen) atoms. The first kappa shape index (κ1) is 77.0. The number of hydrogen-bond donors (Lipinski definition) is 0. The van der Waals surface area contributed by atoms with Crippen molar-refractivity contribution in [3.63, 3.8) is 0 Å². The van der Waals surface area contributed by atoms with E-state index in [0.717, 1.165) is 128 Å². The van der Waals surface area contributed by atoms with Crippen LogP contribution in [0.15, 0.2) is 158 Å². The summed E-state index contributed by atoms with van der Waals surface area (Å²) >= 11 is 0. The van der Waals surface area contributed by atoms with Crippen LogP contribution in [0.1, 0.15) is 284 Å². The molecule has 0 aromatic rings. The summed E-state index contributed by atoms with van der Waals surface area (Å²) in [7, 11) is 0. The summed E-state index contributed by atoms with van der Waals surface area (Å²) in [6.45, 7) is 6.30. The lowest BCUT2D eigenvalue weighted by atomic mass is 10.0. The van der Waals surface area contributed by atoms with E-state index in [1.807, 2.05) is 0 Å². The topological polar surface area (TPSA) is 78.9 Å². The van der Waals surface area contributed by atoms with Gasteiger partial charge in [-0.15, -0.1) is 0 Å². The summed E-state index contributed by atoms with van der Waals surface area (Å²) in [4.78, 5) is 38.0. The Labute approximate surface area is 505 Å². The molecular formula is C76H122O6. The number of allylic oxidation sites excluding steroid dienone is 26. The molecule has 0 N–H and O–H groups in total. The summed E-state index contributed by atoms with van der Waals surface area (Å²) in [6, 6.07) is 0. The van der Waals surface area contributed by atoms with Crippen LogP contribution in [0.5, 0.6) is 0 Å². The first-order chi connectivity index (χ1) is 40.5. The van der Waals surface area contributed by atoms with E-state index in [2.05, 4.69) is 179 Å². The largest absolute Gasteiger partial charge is 0.462 e. The monoisotopic (exact) mass is 1130 g/mol. The van der Waals surface area contributed by atoms with Gasteiger partial charge in [0.15, 0.2) is 6.10 Å². The lowest BCUT2D eigenvalue weighted by Gasteiger charge is -2.18. The predicted molar refractivity (Wildman–Crippen MR) is 357 cm³/mol. The van der Waals surface area contributed by atoms with Gasteiger partial charge in [0.05, 0.1) is 0 Å². The number of esters is 3. The van der Waals surface area contributed by atoms with E-state index in [1.54, 1.807) is 0 Å². The third-order valence-corrected chi connectivity index (χ3v) is 13.8. The standard InChI is InChI=1S/C76H122O6/c1-4-7-10-13-16-18-20-22-24-26-28-30-32-33-34-35-36-37-38-39-40-41-42-43-45-46-48-50-52-54-56-58-60-63-66-69-75(78)81-72-73(71-80-74(77)68-65-62-15-12-9-6-3)82-76(79)70-67-64-61-59-57-55-53-51-49-47-44-31-29-27-25-23-21-19-17-14-11-8-5-2/h7-8,10-11,16-19,22-25,28-31,33-34,36-37,47,49,53,55,59,61,73H,4-6,9,12-15,20-21,26-27,32,35,38-46,48,50-52,54,56-58,60,62-72H2,1-3H3/b10-7-,11-8-,18-16-,19-17-,24-22-,25-23-,30-28-,31-29-,34-33-,37-36-,49-47-,55-53-,61-59-. The molecule has 0 rings (SSSR count). The second-order valence-electron chi connectivity index (χ2n) is 21.6. The Morgan fingerprint density at radius 3 is 0.780 bits per heavy atom. The number of unbranched alkanes of at least 4 members (excludes halogenated alkanes) is 22. The lowest BCUT2D eigenvalue weighted by Crippen LogP contribution is -2.30. The third-order valence-electron chi connectivity index (χ3n) is 13.8. The highest BCUT2D eigenvalue weighted by Gasteiger charge is 2.19. The summed E-state index contributed by atoms with van der Waals surface area (Å²) in [5.41, 5.74) is 0. The van der Waals surface area contributed by atoms with Gasteiger partial charge in [0.2, 0.25) is 0 Å². The van der Waals surface area contributed by atoms with Gasteiger partial charge in [0.1, 0.15) is 13.2 Å². The highest BCUT2D eigenvalue weighted by Crippen LogP contribution is 2.16. The zero-order valence-electron chi connectivity index (χ0n) is 52.9. The number of hydrogen-bond acceptors (Lipinski definition) is 6. The normalized spacial score (nSPS) is 13.2. The molecule has 6 heteroatoms. The molecule has 0 saturated heterocycles. The molecule has 1 atom stereocenters. The first-order valence-corrected chi connectivity index (χ1v) is 33.5. The smallest absolute Gasteiger partial charge is 0.306 e. The third kappa shape index (κ3) is 65.8. The quantitative estimate of drug-likeness (QED) is 0.0261. The van der Waals surface area contributed by atoms with E-state index in [1.165, 1.54) is 109 Å². The average molecular weight is 1130 g/mol. The Morgan fingerprint density at radius 2 is 0.488 bits per heavy atom. The molecule has 1 unspecified atom stereocenters. The van der Waals surface area contributed by atoms with Crippen molar-refractivity contribution in [3.8, 4) is 0 Å². The van der Waals surface area contributed by atoms with Crippen LogP contribution in [0, 0.1) is 0 Å². The van der Waals surface area contributed by atoms with Gasteiger partial charge in [-0.25, -0.2) is 0 Å². The molecule has 6 nitrogen and oxygen atoms in total. The highest BCUT2D eigenvalue weighted by molar-refractivity contribution is 5.71. The minimum absolute atomic E-state index is 0.104. The predicted octanol–water partition coefficient (Wildman–Crippen LogP) is 23.3. The number of ether oxygens (including phenoxy) is 3. The molecule has 0 amide bonds. The highest BCUT2D eigenvalue weighted by atomic mass is 16.6. The van der Waals surface area contributed by atoms with Crippen molar-refractivity contribution in [1.29, 1.82) is 0 Å². The van der Waals surface area contributed by atoms with Gasteiger partial charge in [0, 0.05) is 19.3 Å². The van der Waals surface area contributed by atoms with Crippen LogP contribution in [-0.2, 0) is 28.6 Å². The maximum absolute atomic E-state index is 12.8. The van der Waals surface area contributed by atoms with Gasteiger partial charge in [-0.1, -0.05) is 301 Å². The van der Waals surface area contributed by atoms with E-state index >= 15 is 0 Å². The molecule has 0 aromatic carbocycles. The molecule has 0 fully saturated rings. The van der Waals surface area contributed by atoms with Crippen LogP contribution in [0.25, 0.3) is 0 Å².